The number of para-hydroxylation sites is 1. The van der Waals surface area contributed by atoms with Crippen molar-refractivity contribution in [3.8, 4) is 0 Å². The van der Waals surface area contributed by atoms with Crippen molar-refractivity contribution in [3.05, 3.63) is 28.3 Å². The van der Waals surface area contributed by atoms with Crippen LogP contribution in [0.1, 0.15) is 26.7 Å². The van der Waals surface area contributed by atoms with Crippen molar-refractivity contribution in [1.29, 1.82) is 0 Å². The number of hydrogen-bond donors (Lipinski definition) is 1. The number of nitrogens with zero attached hydrogens (tertiary/aromatic N) is 2. The summed E-state index contributed by atoms with van der Waals surface area (Å²) < 4.78 is 0. The number of nitro groups is 1. The van der Waals surface area contributed by atoms with E-state index in [1.165, 1.54) is 12.8 Å². The monoisotopic (exact) mass is 263 g/mol. The van der Waals surface area contributed by atoms with Gasteiger partial charge in [0.1, 0.15) is 11.4 Å². The average molecular weight is 263 g/mol. The Morgan fingerprint density at radius 1 is 1.53 bits per heavy atom. The summed E-state index contributed by atoms with van der Waals surface area (Å²) in [6, 6.07) is 5.81. The maximum absolute atomic E-state index is 11.4. The van der Waals surface area contributed by atoms with Gasteiger partial charge in [0.2, 0.25) is 0 Å². The standard InChI is InChI=1S/C14H21N3O2/c1-4-15-12-6-5-7-13(14(12)17(18)19)16(3)10(2)11-8-9-11/h5-7,10-11,15H,4,8-9H2,1-3H3. The topological polar surface area (TPSA) is 58.4 Å². The third-order valence-electron chi connectivity index (χ3n) is 3.86. The van der Waals surface area contributed by atoms with Gasteiger partial charge in [-0.1, -0.05) is 6.07 Å². The Labute approximate surface area is 113 Å². The first kappa shape index (κ1) is 13.6. The van der Waals surface area contributed by atoms with Crippen molar-refractivity contribution in [3.63, 3.8) is 0 Å². The number of nitro benzene ring substituents is 1. The Balaban J connectivity index is 2.37. The summed E-state index contributed by atoms with van der Waals surface area (Å²) in [5.41, 5.74) is 1.47. The highest BCUT2D eigenvalue weighted by atomic mass is 16.6. The molecule has 0 aromatic heterocycles. The third-order valence-corrected chi connectivity index (χ3v) is 3.86. The van der Waals surface area contributed by atoms with Gasteiger partial charge in [-0.2, -0.15) is 0 Å². The summed E-state index contributed by atoms with van der Waals surface area (Å²) in [5.74, 6) is 0.674. The van der Waals surface area contributed by atoms with E-state index < -0.39 is 0 Å². The van der Waals surface area contributed by atoms with E-state index in [-0.39, 0.29) is 10.6 Å². The summed E-state index contributed by atoms with van der Waals surface area (Å²) in [6.07, 6.45) is 2.46. The zero-order valence-electron chi connectivity index (χ0n) is 11.7. The second-order valence-corrected chi connectivity index (χ2v) is 5.15. The van der Waals surface area contributed by atoms with Crippen LogP contribution in [0.25, 0.3) is 0 Å². The fourth-order valence-corrected chi connectivity index (χ4v) is 2.46. The number of anilines is 2. The zero-order chi connectivity index (χ0) is 14.0. The Bertz CT molecular complexity index is 472. The number of nitrogens with one attached hydrogen (secondary N) is 1. The molecule has 104 valence electrons. The minimum Gasteiger partial charge on any atom is -0.380 e. The van der Waals surface area contributed by atoms with Crippen LogP contribution in [0.5, 0.6) is 0 Å². The van der Waals surface area contributed by atoms with Gasteiger partial charge >= 0.3 is 5.69 Å². The van der Waals surface area contributed by atoms with Gasteiger partial charge in [-0.15, -0.1) is 0 Å². The van der Waals surface area contributed by atoms with Crippen molar-refractivity contribution in [2.45, 2.75) is 32.7 Å². The van der Waals surface area contributed by atoms with Gasteiger partial charge in [0.25, 0.3) is 0 Å². The molecule has 0 bridgehead atoms. The molecule has 1 N–H and O–H groups in total. The van der Waals surface area contributed by atoms with Crippen molar-refractivity contribution < 1.29 is 4.92 Å². The van der Waals surface area contributed by atoms with Crippen LogP contribution in [0.4, 0.5) is 17.1 Å². The first-order valence-electron chi connectivity index (χ1n) is 6.80. The van der Waals surface area contributed by atoms with Crippen LogP contribution in [0.2, 0.25) is 0 Å². The van der Waals surface area contributed by atoms with Crippen LogP contribution in [0, 0.1) is 16.0 Å². The lowest BCUT2D eigenvalue weighted by atomic mass is 10.1. The molecule has 5 heteroatoms. The predicted molar refractivity (Wildman–Crippen MR) is 77.8 cm³/mol. The lowest BCUT2D eigenvalue weighted by Gasteiger charge is -2.27. The highest BCUT2D eigenvalue weighted by Gasteiger charge is 2.33. The Kier molecular flexibility index (Phi) is 3.93. The van der Waals surface area contributed by atoms with Crippen LogP contribution in [0.3, 0.4) is 0 Å². The molecule has 0 heterocycles. The molecular formula is C14H21N3O2. The molecule has 0 spiro atoms. The van der Waals surface area contributed by atoms with Gasteiger partial charge in [0.05, 0.1) is 4.92 Å². The molecule has 1 aromatic carbocycles. The fourth-order valence-electron chi connectivity index (χ4n) is 2.46. The van der Waals surface area contributed by atoms with Crippen LogP contribution in [-0.2, 0) is 0 Å². The van der Waals surface area contributed by atoms with Gasteiger partial charge < -0.3 is 10.2 Å². The maximum atomic E-state index is 11.4. The number of rotatable bonds is 6. The van der Waals surface area contributed by atoms with Gasteiger partial charge in [-0.3, -0.25) is 10.1 Å². The quantitative estimate of drug-likeness (QED) is 0.632. The van der Waals surface area contributed by atoms with E-state index in [4.69, 9.17) is 0 Å². The minimum absolute atomic E-state index is 0.180. The number of hydrogen-bond acceptors (Lipinski definition) is 4. The molecular weight excluding hydrogens is 242 g/mol. The van der Waals surface area contributed by atoms with E-state index in [9.17, 15) is 10.1 Å². The lowest BCUT2D eigenvalue weighted by Crippen LogP contribution is -2.31. The molecule has 1 saturated carbocycles. The van der Waals surface area contributed by atoms with E-state index in [0.29, 0.717) is 29.9 Å². The Morgan fingerprint density at radius 2 is 2.21 bits per heavy atom. The van der Waals surface area contributed by atoms with Crippen molar-refractivity contribution >= 4 is 17.1 Å². The highest BCUT2D eigenvalue weighted by molar-refractivity contribution is 5.77. The highest BCUT2D eigenvalue weighted by Crippen LogP contribution is 2.40. The van der Waals surface area contributed by atoms with Gasteiger partial charge in [0, 0.05) is 19.6 Å². The van der Waals surface area contributed by atoms with E-state index in [0.717, 1.165) is 0 Å². The largest absolute Gasteiger partial charge is 0.380 e. The van der Waals surface area contributed by atoms with E-state index in [1.807, 2.05) is 31.0 Å². The fraction of sp³-hybridized carbons (Fsp3) is 0.571. The first-order valence-corrected chi connectivity index (χ1v) is 6.80. The van der Waals surface area contributed by atoms with E-state index >= 15 is 0 Å². The summed E-state index contributed by atoms with van der Waals surface area (Å²) in [6.45, 7) is 4.75. The molecule has 1 aromatic rings. The van der Waals surface area contributed by atoms with Crippen molar-refractivity contribution in [2.75, 3.05) is 23.8 Å². The van der Waals surface area contributed by atoms with E-state index in [1.54, 1.807) is 6.07 Å². The van der Waals surface area contributed by atoms with Gasteiger partial charge in [0.15, 0.2) is 0 Å². The molecule has 1 aliphatic rings. The lowest BCUT2D eigenvalue weighted by molar-refractivity contribution is -0.383. The zero-order valence-corrected chi connectivity index (χ0v) is 11.7. The SMILES string of the molecule is CCNc1cccc(N(C)C(C)C2CC2)c1[N+](=O)[O-]. The molecule has 0 radical (unpaired) electrons. The molecule has 1 atom stereocenters. The molecule has 1 fully saturated rings. The van der Waals surface area contributed by atoms with Crippen LogP contribution < -0.4 is 10.2 Å². The summed E-state index contributed by atoms with van der Waals surface area (Å²) >= 11 is 0. The molecule has 5 nitrogen and oxygen atoms in total. The van der Waals surface area contributed by atoms with Gasteiger partial charge in [-0.05, 0) is 44.7 Å². The molecule has 2 rings (SSSR count). The molecule has 1 unspecified atom stereocenters. The van der Waals surface area contributed by atoms with Crippen LogP contribution >= 0.6 is 0 Å². The van der Waals surface area contributed by atoms with Crippen LogP contribution in [-0.4, -0.2) is 24.6 Å². The molecule has 0 aliphatic heterocycles. The first-order chi connectivity index (χ1) is 9.06. The second-order valence-electron chi connectivity index (χ2n) is 5.15. The normalized spacial score (nSPS) is 15.9. The molecule has 1 aliphatic carbocycles. The summed E-state index contributed by atoms with van der Waals surface area (Å²) in [7, 11) is 1.95. The maximum Gasteiger partial charge on any atom is 0.315 e. The number of benzene rings is 1. The summed E-state index contributed by atoms with van der Waals surface area (Å²) in [4.78, 5) is 13.1. The third kappa shape index (κ3) is 2.80. The van der Waals surface area contributed by atoms with Crippen molar-refractivity contribution in [1.82, 2.24) is 0 Å². The minimum atomic E-state index is -0.288. The molecule has 19 heavy (non-hydrogen) atoms. The van der Waals surface area contributed by atoms with Gasteiger partial charge in [-0.25, -0.2) is 0 Å². The Hall–Kier alpha value is -1.78. The molecule has 0 amide bonds. The van der Waals surface area contributed by atoms with Crippen LogP contribution in [0.15, 0.2) is 18.2 Å². The second kappa shape index (κ2) is 5.47. The summed E-state index contributed by atoms with van der Waals surface area (Å²) in [5, 5.41) is 14.4. The Morgan fingerprint density at radius 3 is 2.74 bits per heavy atom. The average Bonchev–Trinajstić information content (AvgIpc) is 3.21. The predicted octanol–water partition coefficient (Wildman–Crippen LogP) is 3.26. The molecule has 0 saturated heterocycles. The van der Waals surface area contributed by atoms with E-state index in [2.05, 4.69) is 12.2 Å². The smallest absolute Gasteiger partial charge is 0.315 e. The van der Waals surface area contributed by atoms with Crippen molar-refractivity contribution in [2.24, 2.45) is 5.92 Å².